The van der Waals surface area contributed by atoms with Gasteiger partial charge in [0.1, 0.15) is 0 Å². The Hall–Kier alpha value is -1.09. The lowest BCUT2D eigenvalue weighted by Crippen LogP contribution is -2.41. The first-order valence-electron chi connectivity index (χ1n) is 7.68. The lowest BCUT2D eigenvalue weighted by molar-refractivity contribution is 0.196. The van der Waals surface area contributed by atoms with Gasteiger partial charge in [-0.2, -0.15) is 0 Å². The van der Waals surface area contributed by atoms with Gasteiger partial charge >= 0.3 is 0 Å². The average molecular weight is 258 g/mol. The van der Waals surface area contributed by atoms with Crippen molar-refractivity contribution in [2.24, 2.45) is 0 Å². The third-order valence-electron chi connectivity index (χ3n) is 4.42. The Balaban J connectivity index is 1.46. The first kappa shape index (κ1) is 12.9. The molecule has 1 aromatic heterocycles. The minimum absolute atomic E-state index is 0.628. The summed E-state index contributed by atoms with van der Waals surface area (Å²) in [6, 6.07) is 6.47. The number of aromatic nitrogens is 1. The van der Waals surface area contributed by atoms with Gasteiger partial charge in [0.2, 0.25) is 0 Å². The molecule has 2 fully saturated rings. The van der Waals surface area contributed by atoms with Crippen LogP contribution in [0.1, 0.15) is 44.9 Å². The molecule has 0 spiro atoms. The van der Waals surface area contributed by atoms with Crippen LogP contribution in [0.15, 0.2) is 24.5 Å². The summed E-state index contributed by atoms with van der Waals surface area (Å²) >= 11 is 0. The van der Waals surface area contributed by atoms with Crippen molar-refractivity contribution < 1.29 is 0 Å². The molecule has 1 saturated heterocycles. The van der Waals surface area contributed by atoms with Crippen molar-refractivity contribution in [1.29, 1.82) is 0 Å². The molecule has 1 aliphatic heterocycles. The van der Waals surface area contributed by atoms with Crippen molar-refractivity contribution in [3.8, 4) is 0 Å². The van der Waals surface area contributed by atoms with E-state index < -0.39 is 0 Å². The summed E-state index contributed by atoms with van der Waals surface area (Å²) < 4.78 is 0. The van der Waals surface area contributed by atoms with Gasteiger partial charge in [-0.3, -0.25) is 9.88 Å². The normalized spacial score (nSPS) is 23.4. The van der Waals surface area contributed by atoms with E-state index in [9.17, 15) is 0 Å². The first-order chi connectivity index (χ1) is 9.42. The Labute approximate surface area is 116 Å². The van der Waals surface area contributed by atoms with Gasteiger partial charge in [0.05, 0.1) is 0 Å². The molecule has 1 aromatic rings. The minimum Gasteiger partial charge on any atom is -0.382 e. The molecule has 103 valence electrons. The van der Waals surface area contributed by atoms with Crippen LogP contribution in [-0.2, 0) is 0 Å². The van der Waals surface area contributed by atoms with Crippen molar-refractivity contribution in [3.63, 3.8) is 0 Å². The molecule has 1 radical (unpaired) electrons. The topological polar surface area (TPSA) is 28.2 Å². The van der Waals surface area contributed by atoms with E-state index in [0.717, 1.165) is 0 Å². The van der Waals surface area contributed by atoms with Crippen molar-refractivity contribution in [3.05, 3.63) is 30.6 Å². The van der Waals surface area contributed by atoms with Gasteiger partial charge in [-0.15, -0.1) is 0 Å². The van der Waals surface area contributed by atoms with E-state index in [0.29, 0.717) is 6.04 Å². The molecule has 3 rings (SSSR count). The molecule has 19 heavy (non-hydrogen) atoms. The maximum Gasteiger partial charge on any atom is 0.0393 e. The van der Waals surface area contributed by atoms with Gasteiger partial charge in [0.25, 0.3) is 0 Å². The highest BCUT2D eigenvalue weighted by Crippen LogP contribution is 2.31. The molecular formula is C16H24N3. The van der Waals surface area contributed by atoms with Gasteiger partial charge < -0.3 is 5.32 Å². The summed E-state index contributed by atoms with van der Waals surface area (Å²) in [5, 5.41) is 3.63. The molecule has 1 aliphatic carbocycles. The van der Waals surface area contributed by atoms with Crippen LogP contribution < -0.4 is 5.32 Å². The Morgan fingerprint density at radius 1 is 1.00 bits per heavy atom. The van der Waals surface area contributed by atoms with Crippen LogP contribution in [0.4, 0.5) is 5.69 Å². The second-order valence-corrected chi connectivity index (χ2v) is 5.77. The predicted octanol–water partition coefficient (Wildman–Crippen LogP) is 3.45. The molecular weight excluding hydrogens is 234 g/mol. The molecule has 0 atom stereocenters. The lowest BCUT2D eigenvalue weighted by atomic mass is 9.92. The Bertz CT molecular complexity index is 365. The molecule has 2 aliphatic rings. The summed E-state index contributed by atoms with van der Waals surface area (Å²) in [7, 11) is 0. The van der Waals surface area contributed by atoms with Crippen LogP contribution in [0.2, 0.25) is 0 Å². The van der Waals surface area contributed by atoms with E-state index >= 15 is 0 Å². The SMILES string of the molecule is c1cc(NC2CCN([C]3CCCCC3)CC2)ccn1. The third kappa shape index (κ3) is 3.47. The summed E-state index contributed by atoms with van der Waals surface area (Å²) in [4.78, 5) is 6.72. The summed E-state index contributed by atoms with van der Waals surface area (Å²) in [5.41, 5.74) is 1.21. The number of hydrogen-bond acceptors (Lipinski definition) is 3. The van der Waals surface area contributed by atoms with E-state index in [1.807, 2.05) is 12.4 Å². The smallest absolute Gasteiger partial charge is 0.0393 e. The zero-order valence-corrected chi connectivity index (χ0v) is 11.6. The number of hydrogen-bond donors (Lipinski definition) is 1. The Morgan fingerprint density at radius 2 is 1.68 bits per heavy atom. The molecule has 2 heterocycles. The summed E-state index contributed by atoms with van der Waals surface area (Å²) in [6.45, 7) is 2.47. The van der Waals surface area contributed by atoms with E-state index in [-0.39, 0.29) is 0 Å². The fourth-order valence-electron chi connectivity index (χ4n) is 3.30. The van der Waals surface area contributed by atoms with Crippen LogP contribution in [-0.4, -0.2) is 29.0 Å². The van der Waals surface area contributed by atoms with Crippen LogP contribution in [0.3, 0.4) is 0 Å². The van der Waals surface area contributed by atoms with Crippen molar-refractivity contribution >= 4 is 5.69 Å². The van der Waals surface area contributed by atoms with Gasteiger partial charge in [-0.1, -0.05) is 19.3 Å². The monoisotopic (exact) mass is 258 g/mol. The average Bonchev–Trinajstić information content (AvgIpc) is 2.50. The van der Waals surface area contributed by atoms with Gasteiger partial charge in [0, 0.05) is 43.3 Å². The highest BCUT2D eigenvalue weighted by atomic mass is 15.2. The number of nitrogens with one attached hydrogen (secondary N) is 1. The number of piperidine rings is 1. The van der Waals surface area contributed by atoms with Crippen molar-refractivity contribution in [2.45, 2.75) is 51.0 Å². The number of anilines is 1. The van der Waals surface area contributed by atoms with E-state index in [2.05, 4.69) is 27.3 Å². The van der Waals surface area contributed by atoms with Crippen LogP contribution >= 0.6 is 0 Å². The van der Waals surface area contributed by atoms with Gasteiger partial charge in [-0.05, 0) is 37.8 Å². The fourth-order valence-corrected chi connectivity index (χ4v) is 3.30. The molecule has 3 heteroatoms. The van der Waals surface area contributed by atoms with E-state index in [1.165, 1.54) is 63.7 Å². The van der Waals surface area contributed by atoms with Crippen molar-refractivity contribution in [2.75, 3.05) is 18.4 Å². The Kier molecular flexibility index (Phi) is 4.34. The van der Waals surface area contributed by atoms with Gasteiger partial charge in [0.15, 0.2) is 0 Å². The quantitative estimate of drug-likeness (QED) is 0.900. The van der Waals surface area contributed by atoms with Crippen LogP contribution in [0, 0.1) is 6.04 Å². The fraction of sp³-hybridized carbons (Fsp3) is 0.625. The number of pyridine rings is 1. The second kappa shape index (κ2) is 6.38. The van der Waals surface area contributed by atoms with E-state index in [1.54, 1.807) is 6.04 Å². The molecule has 0 aromatic carbocycles. The molecule has 1 saturated carbocycles. The Morgan fingerprint density at radius 3 is 2.37 bits per heavy atom. The number of likely N-dealkylation sites (tertiary alicyclic amines) is 1. The third-order valence-corrected chi connectivity index (χ3v) is 4.42. The number of rotatable bonds is 3. The van der Waals surface area contributed by atoms with Crippen molar-refractivity contribution in [1.82, 2.24) is 9.88 Å². The molecule has 0 bridgehead atoms. The largest absolute Gasteiger partial charge is 0.382 e. The first-order valence-corrected chi connectivity index (χ1v) is 7.68. The van der Waals surface area contributed by atoms with Gasteiger partial charge in [-0.25, -0.2) is 0 Å². The number of nitrogens with zero attached hydrogens (tertiary/aromatic N) is 2. The highest BCUT2D eigenvalue weighted by Gasteiger charge is 2.26. The predicted molar refractivity (Wildman–Crippen MR) is 78.8 cm³/mol. The molecule has 0 amide bonds. The highest BCUT2D eigenvalue weighted by molar-refractivity contribution is 5.41. The minimum atomic E-state index is 0.628. The summed E-state index contributed by atoms with van der Waals surface area (Å²) in [6.07, 6.45) is 13.2. The molecule has 0 unspecified atom stereocenters. The van der Waals surface area contributed by atoms with E-state index in [4.69, 9.17) is 0 Å². The molecule has 1 N–H and O–H groups in total. The maximum atomic E-state index is 4.06. The zero-order chi connectivity index (χ0) is 12.9. The second-order valence-electron chi connectivity index (χ2n) is 5.77. The zero-order valence-electron chi connectivity index (χ0n) is 11.6. The summed E-state index contributed by atoms with van der Waals surface area (Å²) in [5.74, 6) is 0. The molecule has 3 nitrogen and oxygen atoms in total. The maximum absolute atomic E-state index is 4.06. The standard InChI is InChI=1S/C16H24N3/c1-2-4-16(5-3-1)19-12-8-15(9-13-19)18-14-6-10-17-11-7-14/h6-7,10-11,15H,1-5,8-9,12-13H2,(H,17,18). The van der Waals surface area contributed by atoms with Crippen LogP contribution in [0.5, 0.6) is 0 Å². The lowest BCUT2D eigenvalue weighted by Gasteiger charge is -2.39. The van der Waals surface area contributed by atoms with Crippen LogP contribution in [0.25, 0.3) is 0 Å².